The summed E-state index contributed by atoms with van der Waals surface area (Å²) in [4.78, 5) is -0.819. The first-order chi connectivity index (χ1) is 23.5. The maximum atomic E-state index is 10.8. The van der Waals surface area contributed by atoms with Gasteiger partial charge in [-0.15, -0.1) is 68.0 Å². The molecule has 0 fully saturated rings. The Kier molecular flexibility index (Phi) is 15.3. The molecular weight excluding hydrogens is 797 g/mol. The Morgan fingerprint density at radius 2 is 0.640 bits per heavy atom. The fourth-order valence-electron chi connectivity index (χ4n) is 3.60. The van der Waals surface area contributed by atoms with Gasteiger partial charge in [0.05, 0.1) is 9.79 Å². The Balaban J connectivity index is 0.000000178. The van der Waals surface area contributed by atoms with Gasteiger partial charge in [0.15, 0.2) is 0 Å². The van der Waals surface area contributed by atoms with Crippen molar-refractivity contribution in [3.63, 3.8) is 0 Å². The SMILES string of the molecule is NC(N)=[NH2+].NC(N)=[NH2+].O=S(=O)([O-])c1ccc2cc(S(=O)(=O)[O-])ccc2c1.c1cc2sccc2s1.c1cc2sccc2s1.c1cc2sccc2s1. The molecule has 8 rings (SSSR count). The summed E-state index contributed by atoms with van der Waals surface area (Å²) in [5.74, 6) is -0.167. The van der Waals surface area contributed by atoms with Crippen molar-refractivity contribution in [1.82, 2.24) is 0 Å². The zero-order chi connectivity index (χ0) is 36.9. The molecule has 0 unspecified atom stereocenters. The van der Waals surface area contributed by atoms with Crippen LogP contribution in [0.25, 0.3) is 39.0 Å². The summed E-state index contributed by atoms with van der Waals surface area (Å²) in [5.41, 5.74) is 18.3. The maximum absolute atomic E-state index is 10.8. The topological polar surface area (TPSA) is 270 Å². The molecule has 2 aromatic carbocycles. The molecule has 20 heteroatoms. The highest BCUT2D eigenvalue weighted by Gasteiger charge is 2.06. The summed E-state index contributed by atoms with van der Waals surface area (Å²) < 4.78 is 73.3. The lowest BCUT2D eigenvalue weighted by molar-refractivity contribution is -0.117. The number of hydrogen-bond acceptors (Lipinski definition) is 12. The van der Waals surface area contributed by atoms with Crippen LogP contribution in [-0.2, 0) is 20.2 Å². The molecule has 0 radical (unpaired) electrons. The second-order valence-corrected chi connectivity index (χ2v) is 17.7. The Morgan fingerprint density at radius 1 is 0.440 bits per heavy atom. The van der Waals surface area contributed by atoms with Crippen LogP contribution in [-0.4, -0.2) is 37.9 Å². The van der Waals surface area contributed by atoms with E-state index in [0.29, 0.717) is 10.8 Å². The first-order valence-electron chi connectivity index (χ1n) is 13.5. The van der Waals surface area contributed by atoms with Crippen molar-refractivity contribution in [1.29, 1.82) is 0 Å². The second-order valence-electron chi connectivity index (χ2n) is 9.29. The van der Waals surface area contributed by atoms with Crippen molar-refractivity contribution in [2.45, 2.75) is 9.79 Å². The molecule has 6 heterocycles. The highest BCUT2D eigenvalue weighted by molar-refractivity contribution is 7.86. The van der Waals surface area contributed by atoms with E-state index in [0.717, 1.165) is 24.3 Å². The Bertz CT molecular complexity index is 2120. The third-order valence-electron chi connectivity index (χ3n) is 5.58. The van der Waals surface area contributed by atoms with Gasteiger partial charge in [0.25, 0.3) is 0 Å². The predicted molar refractivity (Wildman–Crippen MR) is 210 cm³/mol. The largest absolute Gasteiger partial charge is 0.744 e. The molecule has 12 N–H and O–H groups in total. The van der Waals surface area contributed by atoms with Crippen LogP contribution in [0.15, 0.2) is 115 Å². The summed E-state index contributed by atoms with van der Waals surface area (Å²) >= 11 is 10.8. The molecule has 0 bridgehead atoms. The quantitative estimate of drug-likeness (QED) is 0.0838. The van der Waals surface area contributed by atoms with Gasteiger partial charge in [0.2, 0.25) is 0 Å². The average Bonchev–Trinajstić information content (AvgIpc) is 3.84. The van der Waals surface area contributed by atoms with Crippen LogP contribution in [0.5, 0.6) is 0 Å². The van der Waals surface area contributed by atoms with Crippen molar-refractivity contribution >= 4 is 139 Å². The van der Waals surface area contributed by atoms with E-state index in [-0.39, 0.29) is 11.9 Å². The molecule has 8 aromatic rings. The fraction of sp³-hybridized carbons (Fsp3) is 0. The van der Waals surface area contributed by atoms with E-state index in [4.69, 9.17) is 0 Å². The summed E-state index contributed by atoms with van der Waals surface area (Å²) in [6.45, 7) is 0. The number of fused-ring (bicyclic) bond motifs is 4. The molecule has 0 amide bonds. The molecule has 0 atom stereocenters. The van der Waals surface area contributed by atoms with Gasteiger partial charge in [0.1, 0.15) is 20.2 Å². The van der Waals surface area contributed by atoms with Crippen LogP contribution in [0.2, 0.25) is 0 Å². The maximum Gasteiger partial charge on any atom is 0.336 e. The molecule has 0 aliphatic heterocycles. The van der Waals surface area contributed by atoms with Crippen molar-refractivity contribution in [3.8, 4) is 0 Å². The zero-order valence-corrected chi connectivity index (χ0v) is 32.1. The standard InChI is InChI=1S/C10H8O6S2.3C6H4S2.2CH5N3/c11-17(12,13)9-3-1-7-5-10(18(14,15)16)4-2-8(7)6-9;3*1-3-7-6-2-4-8-5(1)6;2*2-1(3)4/h1-6H,(H,11,12,13)(H,14,15,16);3*1-4H;2*(H5,2,3,4). The van der Waals surface area contributed by atoms with E-state index in [9.17, 15) is 25.9 Å². The van der Waals surface area contributed by atoms with Gasteiger partial charge in [-0.2, -0.15) is 0 Å². The smallest absolute Gasteiger partial charge is 0.336 e. The normalized spacial score (nSPS) is 10.6. The van der Waals surface area contributed by atoms with Crippen LogP contribution in [0.1, 0.15) is 0 Å². The molecule has 0 aliphatic carbocycles. The van der Waals surface area contributed by atoms with Gasteiger partial charge in [-0.05, 0) is 104 Å². The first-order valence-corrected chi connectivity index (χ1v) is 21.6. The molecule has 0 saturated heterocycles. The molecule has 12 nitrogen and oxygen atoms in total. The van der Waals surface area contributed by atoms with Crippen LogP contribution < -0.4 is 33.8 Å². The van der Waals surface area contributed by atoms with Gasteiger partial charge in [-0.3, -0.25) is 33.8 Å². The van der Waals surface area contributed by atoms with Gasteiger partial charge >= 0.3 is 11.9 Å². The second kappa shape index (κ2) is 18.9. The highest BCUT2D eigenvalue weighted by Crippen LogP contribution is 2.27. The minimum Gasteiger partial charge on any atom is -0.744 e. The minimum atomic E-state index is -4.56. The van der Waals surface area contributed by atoms with Crippen LogP contribution >= 0.6 is 68.0 Å². The van der Waals surface area contributed by atoms with Crippen molar-refractivity contribution in [2.75, 3.05) is 0 Å². The Hall–Kier alpha value is -3.96. The van der Waals surface area contributed by atoms with Crippen molar-refractivity contribution in [3.05, 3.63) is 105 Å². The lowest BCUT2D eigenvalue weighted by Gasteiger charge is -2.10. The molecule has 50 heavy (non-hydrogen) atoms. The van der Waals surface area contributed by atoms with E-state index in [1.54, 1.807) is 68.0 Å². The van der Waals surface area contributed by atoms with Gasteiger partial charge < -0.3 is 9.11 Å². The molecule has 0 saturated carbocycles. The molecule has 6 aromatic heterocycles. The molecule has 0 aliphatic rings. The predicted octanol–water partition coefficient (Wildman–Crippen LogP) is 3.57. The molecule has 0 spiro atoms. The highest BCUT2D eigenvalue weighted by atomic mass is 32.2. The fourth-order valence-corrected chi connectivity index (χ4v) is 10.1. The van der Waals surface area contributed by atoms with E-state index in [1.165, 1.54) is 40.3 Å². The number of hydrogen-bond donors (Lipinski definition) is 6. The van der Waals surface area contributed by atoms with Gasteiger partial charge in [0, 0.05) is 28.2 Å². The van der Waals surface area contributed by atoms with Crippen molar-refractivity contribution < 1.29 is 36.8 Å². The lowest BCUT2D eigenvalue weighted by Crippen LogP contribution is -2.51. The third-order valence-corrected chi connectivity index (χ3v) is 12.9. The van der Waals surface area contributed by atoms with E-state index in [1.807, 2.05) is 0 Å². The lowest BCUT2D eigenvalue weighted by atomic mass is 10.1. The third kappa shape index (κ3) is 13.4. The average molecular weight is 827 g/mol. The molecular formula is C30H30N6O6S8. The van der Waals surface area contributed by atoms with Crippen molar-refractivity contribution in [2.24, 2.45) is 22.9 Å². The first kappa shape index (κ1) is 40.5. The molecule has 264 valence electrons. The Morgan fingerprint density at radius 3 is 0.820 bits per heavy atom. The summed E-state index contributed by atoms with van der Waals surface area (Å²) in [6.07, 6.45) is 0. The summed E-state index contributed by atoms with van der Waals surface area (Å²) in [7, 11) is -9.13. The van der Waals surface area contributed by atoms with Crippen LogP contribution in [0.4, 0.5) is 0 Å². The number of guanidine groups is 2. The number of nitrogens with two attached hydrogens (primary N) is 6. The Labute approximate surface area is 311 Å². The van der Waals surface area contributed by atoms with Crippen LogP contribution in [0.3, 0.4) is 0 Å². The van der Waals surface area contributed by atoms with E-state index < -0.39 is 30.0 Å². The van der Waals surface area contributed by atoms with Gasteiger partial charge in [-0.1, -0.05) is 12.1 Å². The number of thiophene rings is 6. The summed E-state index contributed by atoms with van der Waals surface area (Å²) in [5, 5.41) is 22.6. The van der Waals surface area contributed by atoms with E-state index in [2.05, 4.69) is 102 Å². The zero-order valence-electron chi connectivity index (χ0n) is 25.6. The number of rotatable bonds is 2. The van der Waals surface area contributed by atoms with Gasteiger partial charge in [-0.25, -0.2) is 16.8 Å². The monoisotopic (exact) mass is 826 g/mol. The minimum absolute atomic E-state index is 0.0833. The summed E-state index contributed by atoms with van der Waals surface area (Å²) in [6, 6.07) is 19.9. The number of benzene rings is 2. The van der Waals surface area contributed by atoms with E-state index >= 15 is 0 Å². The van der Waals surface area contributed by atoms with Crippen LogP contribution in [0, 0.1) is 0 Å².